The van der Waals surface area contributed by atoms with Crippen LogP contribution in [-0.4, -0.2) is 11.1 Å². The molecule has 0 amide bonds. The SMILES string of the molecule is Cc1ccc(NC2CCCC2)cc1O. The van der Waals surface area contributed by atoms with Gasteiger partial charge in [0.15, 0.2) is 0 Å². The van der Waals surface area contributed by atoms with E-state index in [0.717, 1.165) is 11.3 Å². The van der Waals surface area contributed by atoms with E-state index in [4.69, 9.17) is 0 Å². The van der Waals surface area contributed by atoms with Crippen molar-refractivity contribution in [1.29, 1.82) is 0 Å². The average Bonchev–Trinajstić information content (AvgIpc) is 2.64. The summed E-state index contributed by atoms with van der Waals surface area (Å²) in [5.74, 6) is 0.382. The van der Waals surface area contributed by atoms with Crippen LogP contribution in [0, 0.1) is 6.92 Å². The molecule has 2 rings (SSSR count). The quantitative estimate of drug-likeness (QED) is 0.753. The third kappa shape index (κ3) is 2.00. The minimum atomic E-state index is 0.382. The van der Waals surface area contributed by atoms with Gasteiger partial charge in [-0.3, -0.25) is 0 Å². The maximum Gasteiger partial charge on any atom is 0.120 e. The van der Waals surface area contributed by atoms with Gasteiger partial charge in [-0.2, -0.15) is 0 Å². The summed E-state index contributed by atoms with van der Waals surface area (Å²) in [4.78, 5) is 0. The molecule has 2 heteroatoms. The first-order valence-corrected chi connectivity index (χ1v) is 5.32. The molecule has 0 saturated heterocycles. The molecule has 76 valence electrons. The summed E-state index contributed by atoms with van der Waals surface area (Å²) in [6.07, 6.45) is 5.17. The number of rotatable bonds is 2. The second kappa shape index (κ2) is 3.91. The van der Waals surface area contributed by atoms with Crippen molar-refractivity contribution in [3.63, 3.8) is 0 Å². The molecule has 0 unspecified atom stereocenters. The predicted molar refractivity (Wildman–Crippen MR) is 58.7 cm³/mol. The number of benzene rings is 1. The van der Waals surface area contributed by atoms with E-state index >= 15 is 0 Å². The second-order valence-corrected chi connectivity index (χ2v) is 4.13. The van der Waals surface area contributed by atoms with Crippen molar-refractivity contribution >= 4 is 5.69 Å². The minimum absolute atomic E-state index is 0.382. The summed E-state index contributed by atoms with van der Waals surface area (Å²) in [6, 6.07) is 6.41. The molecule has 0 aromatic heterocycles. The smallest absolute Gasteiger partial charge is 0.120 e. The number of hydrogen-bond donors (Lipinski definition) is 2. The molecule has 0 spiro atoms. The van der Waals surface area contributed by atoms with E-state index in [0.29, 0.717) is 11.8 Å². The van der Waals surface area contributed by atoms with Crippen LogP contribution in [0.1, 0.15) is 31.2 Å². The van der Waals surface area contributed by atoms with E-state index in [-0.39, 0.29) is 0 Å². The lowest BCUT2D eigenvalue weighted by molar-refractivity contribution is 0.471. The Morgan fingerprint density at radius 2 is 2.00 bits per heavy atom. The largest absolute Gasteiger partial charge is 0.508 e. The van der Waals surface area contributed by atoms with Gasteiger partial charge in [0.2, 0.25) is 0 Å². The molecule has 1 aromatic rings. The van der Waals surface area contributed by atoms with Crippen molar-refractivity contribution in [1.82, 2.24) is 0 Å². The molecular weight excluding hydrogens is 174 g/mol. The Labute approximate surface area is 85.0 Å². The molecule has 0 heterocycles. The highest BCUT2D eigenvalue weighted by Crippen LogP contribution is 2.25. The predicted octanol–water partition coefficient (Wildman–Crippen LogP) is 3.06. The van der Waals surface area contributed by atoms with E-state index in [1.54, 1.807) is 0 Å². The minimum Gasteiger partial charge on any atom is -0.508 e. The number of hydrogen-bond acceptors (Lipinski definition) is 2. The van der Waals surface area contributed by atoms with E-state index in [9.17, 15) is 5.11 Å². The van der Waals surface area contributed by atoms with E-state index in [1.807, 2.05) is 25.1 Å². The Bertz CT molecular complexity index is 316. The molecule has 2 nitrogen and oxygen atoms in total. The number of phenols is 1. The lowest BCUT2D eigenvalue weighted by Crippen LogP contribution is -2.14. The Balaban J connectivity index is 2.05. The first-order chi connectivity index (χ1) is 6.75. The normalized spacial score (nSPS) is 17.2. The molecule has 14 heavy (non-hydrogen) atoms. The fourth-order valence-electron chi connectivity index (χ4n) is 2.01. The summed E-state index contributed by atoms with van der Waals surface area (Å²) >= 11 is 0. The zero-order valence-electron chi connectivity index (χ0n) is 8.59. The summed E-state index contributed by atoms with van der Waals surface area (Å²) in [7, 11) is 0. The van der Waals surface area contributed by atoms with Crippen LogP contribution in [0.2, 0.25) is 0 Å². The summed E-state index contributed by atoms with van der Waals surface area (Å²) < 4.78 is 0. The Morgan fingerprint density at radius 3 is 2.64 bits per heavy atom. The van der Waals surface area contributed by atoms with Gasteiger partial charge in [0.05, 0.1) is 0 Å². The molecule has 1 saturated carbocycles. The second-order valence-electron chi connectivity index (χ2n) is 4.13. The van der Waals surface area contributed by atoms with Crippen molar-refractivity contribution in [2.75, 3.05) is 5.32 Å². The van der Waals surface area contributed by atoms with Gasteiger partial charge in [-0.25, -0.2) is 0 Å². The van der Waals surface area contributed by atoms with E-state index in [2.05, 4.69) is 5.32 Å². The number of aryl methyl sites for hydroxylation is 1. The number of aromatic hydroxyl groups is 1. The van der Waals surface area contributed by atoms with Crippen LogP contribution in [0.15, 0.2) is 18.2 Å². The van der Waals surface area contributed by atoms with Crippen LogP contribution in [-0.2, 0) is 0 Å². The van der Waals surface area contributed by atoms with E-state index < -0.39 is 0 Å². The Kier molecular flexibility index (Phi) is 2.62. The van der Waals surface area contributed by atoms with Gasteiger partial charge in [0, 0.05) is 17.8 Å². The monoisotopic (exact) mass is 191 g/mol. The van der Waals surface area contributed by atoms with Gasteiger partial charge in [-0.1, -0.05) is 18.9 Å². The zero-order valence-corrected chi connectivity index (χ0v) is 8.59. The molecule has 1 aromatic carbocycles. The van der Waals surface area contributed by atoms with Gasteiger partial charge >= 0.3 is 0 Å². The van der Waals surface area contributed by atoms with Gasteiger partial charge < -0.3 is 10.4 Å². The maximum absolute atomic E-state index is 9.53. The van der Waals surface area contributed by atoms with Gasteiger partial charge in [0.25, 0.3) is 0 Å². The highest BCUT2D eigenvalue weighted by Gasteiger charge is 2.14. The lowest BCUT2D eigenvalue weighted by Gasteiger charge is -2.13. The number of anilines is 1. The average molecular weight is 191 g/mol. The van der Waals surface area contributed by atoms with Gasteiger partial charge in [-0.15, -0.1) is 0 Å². The molecule has 1 aliphatic rings. The van der Waals surface area contributed by atoms with Crippen molar-refractivity contribution in [2.24, 2.45) is 0 Å². The third-order valence-corrected chi connectivity index (χ3v) is 2.94. The van der Waals surface area contributed by atoms with Crippen LogP contribution in [0.3, 0.4) is 0 Å². The summed E-state index contributed by atoms with van der Waals surface area (Å²) in [6.45, 7) is 1.91. The van der Waals surface area contributed by atoms with Crippen LogP contribution < -0.4 is 5.32 Å². The summed E-state index contributed by atoms with van der Waals surface area (Å²) in [5.41, 5.74) is 1.97. The van der Waals surface area contributed by atoms with Crippen LogP contribution in [0.4, 0.5) is 5.69 Å². The van der Waals surface area contributed by atoms with Crippen LogP contribution >= 0.6 is 0 Å². The molecule has 0 atom stereocenters. The molecule has 2 N–H and O–H groups in total. The highest BCUT2D eigenvalue weighted by atomic mass is 16.3. The zero-order chi connectivity index (χ0) is 9.97. The summed E-state index contributed by atoms with van der Waals surface area (Å²) in [5, 5.41) is 13.0. The van der Waals surface area contributed by atoms with Crippen LogP contribution in [0.25, 0.3) is 0 Å². The van der Waals surface area contributed by atoms with Crippen molar-refractivity contribution < 1.29 is 5.11 Å². The Morgan fingerprint density at radius 1 is 1.29 bits per heavy atom. The standard InChI is InChI=1S/C12H17NO/c1-9-6-7-11(8-12(9)14)13-10-4-2-3-5-10/h6-8,10,13-14H,2-5H2,1H3. The third-order valence-electron chi connectivity index (χ3n) is 2.94. The topological polar surface area (TPSA) is 32.3 Å². The molecule has 0 radical (unpaired) electrons. The first kappa shape index (κ1) is 9.38. The lowest BCUT2D eigenvalue weighted by atomic mass is 10.2. The number of phenolic OH excluding ortho intramolecular Hbond substituents is 1. The Hall–Kier alpha value is -1.18. The fourth-order valence-corrected chi connectivity index (χ4v) is 2.01. The molecule has 1 aliphatic carbocycles. The number of nitrogens with one attached hydrogen (secondary N) is 1. The molecule has 1 fully saturated rings. The maximum atomic E-state index is 9.53. The molecule has 0 bridgehead atoms. The van der Waals surface area contributed by atoms with Gasteiger partial charge in [-0.05, 0) is 31.4 Å². The fraction of sp³-hybridized carbons (Fsp3) is 0.500. The molecule has 0 aliphatic heterocycles. The van der Waals surface area contributed by atoms with Crippen LogP contribution in [0.5, 0.6) is 5.75 Å². The highest BCUT2D eigenvalue weighted by molar-refractivity contribution is 5.51. The van der Waals surface area contributed by atoms with Gasteiger partial charge in [0.1, 0.15) is 5.75 Å². The molecular formula is C12H17NO. The van der Waals surface area contributed by atoms with Crippen molar-refractivity contribution in [2.45, 2.75) is 38.6 Å². The first-order valence-electron chi connectivity index (χ1n) is 5.32. The van der Waals surface area contributed by atoms with Crippen molar-refractivity contribution in [3.05, 3.63) is 23.8 Å². The van der Waals surface area contributed by atoms with E-state index in [1.165, 1.54) is 25.7 Å². The van der Waals surface area contributed by atoms with Crippen molar-refractivity contribution in [3.8, 4) is 5.75 Å².